The van der Waals surface area contributed by atoms with Gasteiger partial charge in [-0.1, -0.05) is 11.8 Å². The largest absolute Gasteiger partial charge is 0.479 e. The van der Waals surface area contributed by atoms with Gasteiger partial charge < -0.3 is 5.11 Å². The van der Waals surface area contributed by atoms with Crippen LogP contribution in [0.25, 0.3) is 0 Å². The molecule has 4 bridgehead atoms. The van der Waals surface area contributed by atoms with E-state index in [1.807, 2.05) is 0 Å². The van der Waals surface area contributed by atoms with Crippen LogP contribution in [0.15, 0.2) is 5.10 Å². The van der Waals surface area contributed by atoms with Gasteiger partial charge in [-0.05, 0) is 62.0 Å². The van der Waals surface area contributed by atoms with Crippen molar-refractivity contribution in [1.82, 2.24) is 5.01 Å². The zero-order chi connectivity index (χ0) is 16.2. The summed E-state index contributed by atoms with van der Waals surface area (Å²) in [7, 11) is 0. The highest BCUT2D eigenvalue weighted by Crippen LogP contribution is 2.62. The van der Waals surface area contributed by atoms with Crippen LogP contribution in [0.5, 0.6) is 0 Å². The molecule has 1 aliphatic heterocycles. The fourth-order valence-electron chi connectivity index (χ4n) is 5.48. The van der Waals surface area contributed by atoms with Crippen LogP contribution in [0.4, 0.5) is 0 Å². The third-order valence-corrected chi connectivity index (χ3v) is 7.51. The smallest absolute Gasteiger partial charge is 0.339 e. The molecule has 23 heavy (non-hydrogen) atoms. The number of carbonyl (C=O) groups excluding carboxylic acids is 1. The van der Waals surface area contributed by atoms with Gasteiger partial charge in [0.15, 0.2) is 0 Å². The first kappa shape index (κ1) is 15.8. The molecule has 4 aliphatic carbocycles. The lowest BCUT2D eigenvalue weighted by Crippen LogP contribution is -2.49. The Morgan fingerprint density at radius 3 is 2.26 bits per heavy atom. The predicted molar refractivity (Wildman–Crippen MR) is 92.4 cm³/mol. The summed E-state index contributed by atoms with van der Waals surface area (Å²) >= 11 is 5.38. The van der Waals surface area contributed by atoms with E-state index in [1.54, 1.807) is 0 Å². The maximum atomic E-state index is 12.2. The molecule has 1 N–H and O–H groups in total. The Kier molecular flexibility index (Phi) is 3.91. The molecule has 0 radical (unpaired) electrons. The molecule has 5 aliphatic rings. The average molecular weight is 354 g/mol. The number of rotatable bonds is 4. The molecule has 0 aromatic rings. The quantitative estimate of drug-likeness (QED) is 0.762. The van der Waals surface area contributed by atoms with E-state index in [4.69, 9.17) is 0 Å². The van der Waals surface area contributed by atoms with Gasteiger partial charge in [-0.3, -0.25) is 4.79 Å². The van der Waals surface area contributed by atoms with Crippen LogP contribution in [0, 0.1) is 23.2 Å². The summed E-state index contributed by atoms with van der Waals surface area (Å²) in [4.78, 5) is 23.8. The molecule has 4 saturated carbocycles. The second-order valence-electron chi connectivity index (χ2n) is 7.62. The molecule has 0 spiro atoms. The van der Waals surface area contributed by atoms with Crippen molar-refractivity contribution in [3.63, 3.8) is 0 Å². The van der Waals surface area contributed by atoms with Gasteiger partial charge >= 0.3 is 5.97 Å². The van der Waals surface area contributed by atoms with Crippen LogP contribution in [0.3, 0.4) is 0 Å². The lowest BCUT2D eigenvalue weighted by atomic mass is 9.50. The third-order valence-electron chi connectivity index (χ3n) is 5.93. The van der Waals surface area contributed by atoms with Crippen LogP contribution in [0.1, 0.15) is 44.9 Å². The normalized spacial score (nSPS) is 41.3. The van der Waals surface area contributed by atoms with Gasteiger partial charge in [-0.15, -0.1) is 0 Å². The van der Waals surface area contributed by atoms with Gasteiger partial charge in [0.1, 0.15) is 5.04 Å². The molecule has 1 amide bonds. The summed E-state index contributed by atoms with van der Waals surface area (Å²) in [6, 6.07) is 0. The molecule has 1 heterocycles. The van der Waals surface area contributed by atoms with Crippen LogP contribution >= 0.6 is 24.4 Å². The predicted octanol–water partition coefficient (Wildman–Crippen LogP) is 2.82. The van der Waals surface area contributed by atoms with E-state index >= 15 is 0 Å². The van der Waals surface area contributed by atoms with Crippen molar-refractivity contribution in [2.75, 3.05) is 5.75 Å². The summed E-state index contributed by atoms with van der Waals surface area (Å²) in [6.45, 7) is 0. The van der Waals surface area contributed by atoms with Gasteiger partial charge in [-0.25, -0.2) is 9.80 Å². The number of carboxylic acid groups (broad SMARTS) is 1. The Morgan fingerprint density at radius 2 is 1.78 bits per heavy atom. The highest BCUT2D eigenvalue weighted by atomic mass is 32.2. The van der Waals surface area contributed by atoms with Crippen LogP contribution < -0.4 is 0 Å². The number of hydrazone groups is 1. The number of nitrogens with zero attached hydrogens (tertiary/aromatic N) is 2. The van der Waals surface area contributed by atoms with Crippen LogP contribution in [-0.4, -0.2) is 38.2 Å². The molecular formula is C16H22N2O3S2. The van der Waals surface area contributed by atoms with Crippen molar-refractivity contribution in [3.8, 4) is 0 Å². The fourth-order valence-corrected chi connectivity index (χ4v) is 6.89. The number of hydrogen-bond acceptors (Lipinski definition) is 5. The molecular weight excluding hydrogens is 332 g/mol. The first-order valence-electron chi connectivity index (χ1n) is 8.42. The maximum absolute atomic E-state index is 12.2. The second kappa shape index (κ2) is 5.69. The van der Waals surface area contributed by atoms with Gasteiger partial charge in [0.2, 0.25) is 11.3 Å². The molecule has 5 nitrogen and oxygen atoms in total. The third kappa shape index (κ3) is 2.60. The molecule has 0 saturated heterocycles. The topological polar surface area (TPSA) is 70.0 Å². The maximum Gasteiger partial charge on any atom is 0.339 e. The Balaban J connectivity index is 1.62. The zero-order valence-corrected chi connectivity index (χ0v) is 14.7. The summed E-state index contributed by atoms with van der Waals surface area (Å²) in [5.74, 6) is 1.51. The number of carboxylic acids is 1. The summed E-state index contributed by atoms with van der Waals surface area (Å²) in [6.07, 6.45) is 7.62. The lowest BCUT2D eigenvalue weighted by Gasteiger charge is -2.56. The average Bonchev–Trinajstić information content (AvgIpc) is 2.92. The minimum atomic E-state index is -0.981. The zero-order valence-electron chi connectivity index (χ0n) is 13.0. The number of thiol groups is 1. The van der Waals surface area contributed by atoms with E-state index in [0.29, 0.717) is 5.75 Å². The number of hydrogen-bond donors (Lipinski definition) is 2. The first-order chi connectivity index (χ1) is 11.0. The molecule has 4 fully saturated rings. The molecule has 126 valence electrons. The van der Waals surface area contributed by atoms with Crippen molar-refractivity contribution in [3.05, 3.63) is 0 Å². The standard InChI is InChI=1S/C16H22N2O3S2/c19-12(1-2-22)18-13(14(20)21)23-15(17-18)16-6-9-3-10(7-16)5-11(4-9)8-16/h9-11,13,22H,1-8H2,(H,20,21). The Labute approximate surface area is 145 Å². The summed E-state index contributed by atoms with van der Waals surface area (Å²) in [5.41, 5.74) is 0.0448. The van der Waals surface area contributed by atoms with Crippen molar-refractivity contribution in [2.45, 2.75) is 50.3 Å². The van der Waals surface area contributed by atoms with E-state index in [-0.39, 0.29) is 17.7 Å². The van der Waals surface area contributed by atoms with Crippen molar-refractivity contribution in [1.29, 1.82) is 0 Å². The first-order valence-corrected chi connectivity index (χ1v) is 9.93. The minimum Gasteiger partial charge on any atom is -0.479 e. The van der Waals surface area contributed by atoms with E-state index in [2.05, 4.69) is 17.7 Å². The summed E-state index contributed by atoms with van der Waals surface area (Å²) < 4.78 is 0. The minimum absolute atomic E-state index is 0.0448. The highest BCUT2D eigenvalue weighted by molar-refractivity contribution is 8.15. The Hall–Kier alpha value is -0.690. The Bertz CT molecular complexity index is 542. The number of amides is 1. The van der Waals surface area contributed by atoms with E-state index in [9.17, 15) is 14.7 Å². The molecule has 1 unspecified atom stereocenters. The summed E-state index contributed by atoms with van der Waals surface area (Å²) in [5, 5.41) is 15.3. The van der Waals surface area contributed by atoms with Gasteiger partial charge in [0.25, 0.3) is 0 Å². The van der Waals surface area contributed by atoms with Gasteiger partial charge in [0, 0.05) is 11.8 Å². The van der Waals surface area contributed by atoms with E-state index in [0.717, 1.165) is 42.1 Å². The van der Waals surface area contributed by atoms with Gasteiger partial charge in [-0.2, -0.15) is 17.7 Å². The lowest BCUT2D eigenvalue weighted by molar-refractivity contribution is -0.145. The second-order valence-corrected chi connectivity index (χ2v) is 9.14. The van der Waals surface area contributed by atoms with E-state index < -0.39 is 11.3 Å². The number of aliphatic carboxylic acids is 1. The molecule has 0 aromatic carbocycles. The Morgan fingerprint density at radius 1 is 1.22 bits per heavy atom. The highest BCUT2D eigenvalue weighted by Gasteiger charge is 2.56. The van der Waals surface area contributed by atoms with Crippen molar-refractivity contribution in [2.24, 2.45) is 28.3 Å². The molecule has 5 rings (SSSR count). The van der Waals surface area contributed by atoms with Crippen LogP contribution in [0.2, 0.25) is 0 Å². The van der Waals surface area contributed by atoms with Crippen molar-refractivity contribution < 1.29 is 14.7 Å². The monoisotopic (exact) mass is 354 g/mol. The molecule has 1 atom stereocenters. The van der Waals surface area contributed by atoms with E-state index in [1.165, 1.54) is 36.0 Å². The number of carbonyl (C=O) groups is 2. The number of thioether (sulfide) groups is 1. The SMILES string of the molecule is O=C(O)C1SC(C23CC4CC(CC(C4)C2)C3)=NN1C(=O)CCS. The molecule has 0 aromatic heterocycles. The van der Waals surface area contributed by atoms with Crippen LogP contribution in [-0.2, 0) is 9.59 Å². The van der Waals surface area contributed by atoms with Gasteiger partial charge in [0.05, 0.1) is 0 Å². The fraction of sp³-hybridized carbons (Fsp3) is 0.812. The van der Waals surface area contributed by atoms with Crippen molar-refractivity contribution >= 4 is 41.3 Å². The molecule has 7 heteroatoms.